The van der Waals surface area contributed by atoms with E-state index in [2.05, 4.69) is 5.32 Å². The van der Waals surface area contributed by atoms with Crippen LogP contribution in [0.3, 0.4) is 0 Å². The zero-order valence-corrected chi connectivity index (χ0v) is 12.9. The second kappa shape index (κ2) is 7.40. The Labute approximate surface area is 123 Å². The van der Waals surface area contributed by atoms with Crippen molar-refractivity contribution in [2.45, 2.75) is 19.4 Å². The SMILES string of the molecule is CCOc1c(N)cccc1C(=O)NCC(C)(O)CSC. The average Bonchev–Trinajstić information content (AvgIpc) is 2.38. The summed E-state index contributed by atoms with van der Waals surface area (Å²) in [6.45, 7) is 4.12. The molecule has 6 heteroatoms. The Hall–Kier alpha value is -1.40. The number of amides is 1. The third kappa shape index (κ3) is 4.61. The van der Waals surface area contributed by atoms with Gasteiger partial charge in [0.05, 0.1) is 23.5 Å². The molecule has 0 saturated carbocycles. The quantitative estimate of drug-likeness (QED) is 0.665. The molecule has 4 N–H and O–H groups in total. The molecule has 1 amide bonds. The summed E-state index contributed by atoms with van der Waals surface area (Å²) in [4.78, 5) is 12.2. The minimum absolute atomic E-state index is 0.174. The summed E-state index contributed by atoms with van der Waals surface area (Å²) in [5.41, 5.74) is 5.68. The van der Waals surface area contributed by atoms with Crippen LogP contribution < -0.4 is 15.8 Å². The summed E-state index contributed by atoms with van der Waals surface area (Å²) in [5.74, 6) is 0.627. The molecule has 0 heterocycles. The molecule has 1 unspecified atom stereocenters. The monoisotopic (exact) mass is 298 g/mol. The van der Waals surface area contributed by atoms with Crippen LogP contribution in [0.2, 0.25) is 0 Å². The Kier molecular flexibility index (Phi) is 6.16. The van der Waals surface area contributed by atoms with Crippen molar-refractivity contribution in [3.8, 4) is 5.75 Å². The third-order valence-corrected chi connectivity index (χ3v) is 3.57. The molecule has 0 bridgehead atoms. The lowest BCUT2D eigenvalue weighted by atomic mass is 10.1. The lowest BCUT2D eigenvalue weighted by Crippen LogP contribution is -2.42. The maximum atomic E-state index is 12.2. The summed E-state index contributed by atoms with van der Waals surface area (Å²) >= 11 is 1.52. The number of hydrogen-bond donors (Lipinski definition) is 3. The first-order chi connectivity index (χ1) is 9.41. The highest BCUT2D eigenvalue weighted by atomic mass is 32.2. The van der Waals surface area contributed by atoms with Crippen molar-refractivity contribution in [3.05, 3.63) is 23.8 Å². The number of thioether (sulfide) groups is 1. The fraction of sp³-hybridized carbons (Fsp3) is 0.500. The number of hydrogen-bond acceptors (Lipinski definition) is 5. The highest BCUT2D eigenvalue weighted by Crippen LogP contribution is 2.26. The summed E-state index contributed by atoms with van der Waals surface area (Å²) in [5, 5.41) is 12.8. The second-order valence-electron chi connectivity index (χ2n) is 4.77. The van der Waals surface area contributed by atoms with Gasteiger partial charge in [-0.05, 0) is 32.2 Å². The van der Waals surface area contributed by atoms with Crippen LogP contribution in [0.4, 0.5) is 5.69 Å². The Balaban J connectivity index is 2.80. The van der Waals surface area contributed by atoms with E-state index in [9.17, 15) is 9.90 Å². The first-order valence-electron chi connectivity index (χ1n) is 6.42. The fourth-order valence-electron chi connectivity index (χ4n) is 1.77. The molecule has 0 aliphatic rings. The molecule has 0 fully saturated rings. The third-order valence-electron chi connectivity index (χ3n) is 2.66. The molecule has 1 atom stereocenters. The van der Waals surface area contributed by atoms with E-state index in [-0.39, 0.29) is 12.5 Å². The summed E-state index contributed by atoms with van der Waals surface area (Å²) < 4.78 is 5.42. The zero-order chi connectivity index (χ0) is 15.2. The zero-order valence-electron chi connectivity index (χ0n) is 12.1. The van der Waals surface area contributed by atoms with Crippen molar-refractivity contribution in [3.63, 3.8) is 0 Å². The molecule has 112 valence electrons. The Morgan fingerprint density at radius 2 is 2.25 bits per heavy atom. The van der Waals surface area contributed by atoms with Crippen molar-refractivity contribution in [1.82, 2.24) is 5.32 Å². The summed E-state index contributed by atoms with van der Waals surface area (Å²) in [6.07, 6.45) is 1.90. The molecular formula is C14H22N2O3S. The minimum Gasteiger partial charge on any atom is -0.491 e. The van der Waals surface area contributed by atoms with Crippen LogP contribution in [0.25, 0.3) is 0 Å². The maximum Gasteiger partial charge on any atom is 0.255 e. The number of nitrogens with one attached hydrogen (secondary N) is 1. The van der Waals surface area contributed by atoms with Gasteiger partial charge in [-0.2, -0.15) is 11.8 Å². The fourth-order valence-corrected chi connectivity index (χ4v) is 2.49. The van der Waals surface area contributed by atoms with Gasteiger partial charge in [0.1, 0.15) is 0 Å². The lowest BCUT2D eigenvalue weighted by molar-refractivity contribution is 0.0723. The van der Waals surface area contributed by atoms with Gasteiger partial charge in [0.2, 0.25) is 0 Å². The van der Waals surface area contributed by atoms with Crippen LogP contribution in [0, 0.1) is 0 Å². The Morgan fingerprint density at radius 3 is 2.85 bits per heavy atom. The largest absolute Gasteiger partial charge is 0.491 e. The molecule has 0 aromatic heterocycles. The van der Waals surface area contributed by atoms with Crippen molar-refractivity contribution < 1.29 is 14.6 Å². The van der Waals surface area contributed by atoms with Gasteiger partial charge in [-0.25, -0.2) is 0 Å². The molecule has 20 heavy (non-hydrogen) atoms. The predicted molar refractivity (Wildman–Crippen MR) is 83.4 cm³/mol. The second-order valence-corrected chi connectivity index (χ2v) is 5.64. The molecular weight excluding hydrogens is 276 g/mol. The number of nitrogens with two attached hydrogens (primary N) is 1. The molecule has 1 aromatic carbocycles. The number of para-hydroxylation sites is 1. The number of nitrogen functional groups attached to an aromatic ring is 1. The van der Waals surface area contributed by atoms with Gasteiger partial charge in [-0.3, -0.25) is 4.79 Å². The Morgan fingerprint density at radius 1 is 1.55 bits per heavy atom. The van der Waals surface area contributed by atoms with Gasteiger partial charge < -0.3 is 20.9 Å². The number of anilines is 1. The minimum atomic E-state index is -0.943. The molecule has 1 aromatic rings. The van der Waals surface area contributed by atoms with Crippen LogP contribution in [-0.4, -0.2) is 41.8 Å². The van der Waals surface area contributed by atoms with E-state index >= 15 is 0 Å². The number of carbonyl (C=O) groups excluding carboxylic acids is 1. The smallest absolute Gasteiger partial charge is 0.255 e. The van der Waals surface area contributed by atoms with Gasteiger partial charge in [0, 0.05) is 12.3 Å². The number of ether oxygens (including phenoxy) is 1. The van der Waals surface area contributed by atoms with Crippen LogP contribution in [0.15, 0.2) is 18.2 Å². The van der Waals surface area contributed by atoms with Gasteiger partial charge >= 0.3 is 0 Å². The first-order valence-corrected chi connectivity index (χ1v) is 7.81. The molecule has 5 nitrogen and oxygen atoms in total. The Bertz CT molecular complexity index is 464. The molecule has 0 radical (unpaired) electrons. The predicted octanol–water partition coefficient (Wildman–Crippen LogP) is 1.51. The number of rotatable bonds is 7. The van der Waals surface area contributed by atoms with E-state index in [1.54, 1.807) is 25.1 Å². The molecule has 0 spiro atoms. The summed E-state index contributed by atoms with van der Waals surface area (Å²) in [6, 6.07) is 5.04. The van der Waals surface area contributed by atoms with E-state index in [0.717, 1.165) is 0 Å². The molecule has 1 rings (SSSR count). The molecule has 0 saturated heterocycles. The topological polar surface area (TPSA) is 84.6 Å². The number of carbonyl (C=O) groups is 1. The van der Waals surface area contributed by atoms with Crippen molar-refractivity contribution >= 4 is 23.4 Å². The van der Waals surface area contributed by atoms with Gasteiger partial charge in [0.25, 0.3) is 5.91 Å². The lowest BCUT2D eigenvalue weighted by Gasteiger charge is -2.23. The number of benzene rings is 1. The van der Waals surface area contributed by atoms with E-state index < -0.39 is 5.60 Å². The van der Waals surface area contributed by atoms with Crippen molar-refractivity contribution in [2.24, 2.45) is 0 Å². The normalized spacial score (nSPS) is 13.6. The van der Waals surface area contributed by atoms with E-state index in [1.807, 2.05) is 13.2 Å². The van der Waals surface area contributed by atoms with Crippen LogP contribution in [0.5, 0.6) is 5.75 Å². The average molecular weight is 298 g/mol. The van der Waals surface area contributed by atoms with Crippen molar-refractivity contribution in [1.29, 1.82) is 0 Å². The first kappa shape index (κ1) is 16.7. The standard InChI is InChI=1S/C14H22N2O3S/c1-4-19-12-10(6-5-7-11(12)15)13(17)16-8-14(2,18)9-20-3/h5-7,18H,4,8-9,15H2,1-3H3,(H,16,17). The van der Waals surface area contributed by atoms with Crippen LogP contribution in [-0.2, 0) is 0 Å². The van der Waals surface area contributed by atoms with Gasteiger partial charge in [0.15, 0.2) is 5.75 Å². The van der Waals surface area contributed by atoms with E-state index in [4.69, 9.17) is 10.5 Å². The molecule has 0 aliphatic heterocycles. The highest BCUT2D eigenvalue weighted by Gasteiger charge is 2.22. The maximum absolute atomic E-state index is 12.2. The van der Waals surface area contributed by atoms with Crippen LogP contribution in [0.1, 0.15) is 24.2 Å². The van der Waals surface area contributed by atoms with Crippen molar-refractivity contribution in [2.75, 3.05) is 30.9 Å². The number of aliphatic hydroxyl groups is 1. The highest BCUT2D eigenvalue weighted by molar-refractivity contribution is 7.98. The van der Waals surface area contributed by atoms with Gasteiger partial charge in [-0.15, -0.1) is 0 Å². The summed E-state index contributed by atoms with van der Waals surface area (Å²) in [7, 11) is 0. The van der Waals surface area contributed by atoms with Crippen LogP contribution >= 0.6 is 11.8 Å². The van der Waals surface area contributed by atoms with Gasteiger partial charge in [-0.1, -0.05) is 6.07 Å². The van der Waals surface area contributed by atoms with E-state index in [0.29, 0.717) is 29.4 Å². The molecule has 0 aliphatic carbocycles. The van der Waals surface area contributed by atoms with E-state index in [1.165, 1.54) is 11.8 Å².